The number of hydrogen-bond donors (Lipinski definition) is 1. The van der Waals surface area contributed by atoms with E-state index in [-0.39, 0.29) is 5.91 Å². The zero-order chi connectivity index (χ0) is 19.3. The van der Waals surface area contributed by atoms with Crippen LogP contribution in [0, 0.1) is 6.92 Å². The van der Waals surface area contributed by atoms with Crippen LogP contribution in [0.2, 0.25) is 0 Å². The van der Waals surface area contributed by atoms with E-state index in [0.717, 1.165) is 42.3 Å². The molecule has 28 heavy (non-hydrogen) atoms. The van der Waals surface area contributed by atoms with Crippen molar-refractivity contribution in [1.82, 2.24) is 14.9 Å². The van der Waals surface area contributed by atoms with Gasteiger partial charge in [0.05, 0.1) is 17.8 Å². The normalized spacial score (nSPS) is 14.8. The summed E-state index contributed by atoms with van der Waals surface area (Å²) in [5, 5.41) is 6.46. The number of thiazole rings is 1. The Hall–Kier alpha value is -2.73. The molecule has 1 fully saturated rings. The fraction of sp³-hybridized carbons (Fsp3) is 0.318. The Morgan fingerprint density at radius 2 is 1.96 bits per heavy atom. The monoisotopic (exact) mass is 392 g/mol. The molecule has 0 spiro atoms. The van der Waals surface area contributed by atoms with E-state index in [1.54, 1.807) is 6.20 Å². The predicted octanol–water partition coefficient (Wildman–Crippen LogP) is 4.16. The van der Waals surface area contributed by atoms with Crippen LogP contribution in [0.25, 0.3) is 10.7 Å². The van der Waals surface area contributed by atoms with Crippen LogP contribution in [-0.2, 0) is 11.2 Å². The molecule has 3 heterocycles. The summed E-state index contributed by atoms with van der Waals surface area (Å²) in [4.78, 5) is 23.6. The summed E-state index contributed by atoms with van der Waals surface area (Å²) in [5.41, 5.74) is 4.13. The van der Waals surface area contributed by atoms with Gasteiger partial charge < -0.3 is 10.2 Å². The first-order valence-electron chi connectivity index (χ1n) is 9.65. The summed E-state index contributed by atoms with van der Waals surface area (Å²) >= 11 is 1.54. The minimum atomic E-state index is 0.159. The molecular weight excluding hydrogens is 368 g/mol. The minimum Gasteiger partial charge on any atom is -0.382 e. The third-order valence-electron chi connectivity index (χ3n) is 5.12. The standard InChI is InChI=1S/C22H24N4OS/c1-16-6-2-3-7-19(16)24-17-9-12-26(13-10-17)21(27)14-18-15-28-22(25-18)20-8-4-5-11-23-20/h2-8,11,15,17,24H,9-10,12-14H2,1H3. The van der Waals surface area contributed by atoms with Gasteiger partial charge in [0, 0.05) is 36.4 Å². The van der Waals surface area contributed by atoms with Crippen molar-refractivity contribution in [2.45, 2.75) is 32.2 Å². The van der Waals surface area contributed by atoms with Crippen molar-refractivity contribution in [2.24, 2.45) is 0 Å². The van der Waals surface area contributed by atoms with Crippen LogP contribution in [0.15, 0.2) is 54.0 Å². The van der Waals surface area contributed by atoms with E-state index in [1.807, 2.05) is 28.5 Å². The number of benzene rings is 1. The number of likely N-dealkylation sites (tertiary alicyclic amines) is 1. The van der Waals surface area contributed by atoms with Crippen LogP contribution in [0.1, 0.15) is 24.1 Å². The summed E-state index contributed by atoms with van der Waals surface area (Å²) in [6.45, 7) is 3.70. The number of nitrogens with zero attached hydrogens (tertiary/aromatic N) is 3. The number of pyridine rings is 1. The maximum Gasteiger partial charge on any atom is 0.228 e. The molecule has 144 valence electrons. The Morgan fingerprint density at radius 1 is 1.18 bits per heavy atom. The van der Waals surface area contributed by atoms with E-state index >= 15 is 0 Å². The Kier molecular flexibility index (Phi) is 5.67. The van der Waals surface area contributed by atoms with E-state index in [0.29, 0.717) is 12.5 Å². The number of amides is 1. The van der Waals surface area contributed by atoms with Crippen molar-refractivity contribution < 1.29 is 4.79 Å². The fourth-order valence-electron chi connectivity index (χ4n) is 3.49. The van der Waals surface area contributed by atoms with E-state index < -0.39 is 0 Å². The number of carbonyl (C=O) groups excluding carboxylic acids is 1. The number of hydrogen-bond acceptors (Lipinski definition) is 5. The lowest BCUT2D eigenvalue weighted by Crippen LogP contribution is -2.43. The van der Waals surface area contributed by atoms with E-state index in [1.165, 1.54) is 22.6 Å². The molecule has 1 N–H and O–H groups in total. The Labute approximate surface area is 169 Å². The molecule has 1 aliphatic rings. The smallest absolute Gasteiger partial charge is 0.228 e. The van der Waals surface area contributed by atoms with Crippen LogP contribution >= 0.6 is 11.3 Å². The third kappa shape index (κ3) is 4.39. The number of nitrogens with one attached hydrogen (secondary N) is 1. The van der Waals surface area contributed by atoms with Gasteiger partial charge in [-0.05, 0) is 43.5 Å². The summed E-state index contributed by atoms with van der Waals surface area (Å²) in [6, 6.07) is 14.5. The molecule has 0 saturated carbocycles. The maximum atomic E-state index is 12.7. The molecule has 0 bridgehead atoms. The number of piperidine rings is 1. The fourth-order valence-corrected chi connectivity index (χ4v) is 4.28. The van der Waals surface area contributed by atoms with Crippen molar-refractivity contribution in [2.75, 3.05) is 18.4 Å². The zero-order valence-corrected chi connectivity index (χ0v) is 16.8. The third-order valence-corrected chi connectivity index (χ3v) is 6.03. The van der Waals surface area contributed by atoms with Gasteiger partial charge in [-0.1, -0.05) is 24.3 Å². The van der Waals surface area contributed by atoms with Gasteiger partial charge in [0.2, 0.25) is 5.91 Å². The SMILES string of the molecule is Cc1ccccc1NC1CCN(C(=O)Cc2csc(-c3ccccn3)n2)CC1. The Morgan fingerprint density at radius 3 is 2.71 bits per heavy atom. The Balaban J connectivity index is 1.30. The van der Waals surface area contributed by atoms with E-state index in [4.69, 9.17) is 0 Å². The molecule has 0 aliphatic carbocycles. The summed E-state index contributed by atoms with van der Waals surface area (Å²) in [5.74, 6) is 0.159. The number of aromatic nitrogens is 2. The topological polar surface area (TPSA) is 58.1 Å². The van der Waals surface area contributed by atoms with Gasteiger partial charge in [0.25, 0.3) is 0 Å². The molecule has 4 rings (SSSR count). The Bertz CT molecular complexity index is 932. The second kappa shape index (κ2) is 8.52. The van der Waals surface area contributed by atoms with Crippen LogP contribution in [-0.4, -0.2) is 39.9 Å². The van der Waals surface area contributed by atoms with Crippen molar-refractivity contribution in [3.05, 3.63) is 65.3 Å². The summed E-state index contributed by atoms with van der Waals surface area (Å²) in [7, 11) is 0. The molecular formula is C22H24N4OS. The number of rotatable bonds is 5. The largest absolute Gasteiger partial charge is 0.382 e. The molecule has 1 aliphatic heterocycles. The van der Waals surface area contributed by atoms with Crippen molar-refractivity contribution in [3.63, 3.8) is 0 Å². The summed E-state index contributed by atoms with van der Waals surface area (Å²) in [6.07, 6.45) is 4.06. The summed E-state index contributed by atoms with van der Waals surface area (Å²) < 4.78 is 0. The van der Waals surface area contributed by atoms with Crippen LogP contribution in [0.4, 0.5) is 5.69 Å². The molecule has 1 amide bonds. The van der Waals surface area contributed by atoms with Crippen molar-refractivity contribution in [1.29, 1.82) is 0 Å². The number of para-hydroxylation sites is 1. The van der Waals surface area contributed by atoms with E-state index in [2.05, 4.69) is 46.5 Å². The highest BCUT2D eigenvalue weighted by Gasteiger charge is 2.23. The molecule has 1 saturated heterocycles. The van der Waals surface area contributed by atoms with Gasteiger partial charge in [-0.2, -0.15) is 0 Å². The minimum absolute atomic E-state index is 0.159. The first kappa shape index (κ1) is 18.6. The molecule has 3 aromatic rings. The highest BCUT2D eigenvalue weighted by atomic mass is 32.1. The lowest BCUT2D eigenvalue weighted by atomic mass is 10.0. The molecule has 0 atom stereocenters. The molecule has 5 nitrogen and oxygen atoms in total. The molecule has 0 unspecified atom stereocenters. The van der Waals surface area contributed by atoms with Gasteiger partial charge >= 0.3 is 0 Å². The first-order valence-corrected chi connectivity index (χ1v) is 10.5. The zero-order valence-electron chi connectivity index (χ0n) is 16.0. The van der Waals surface area contributed by atoms with Gasteiger partial charge in [0.15, 0.2) is 0 Å². The highest BCUT2D eigenvalue weighted by molar-refractivity contribution is 7.13. The number of anilines is 1. The average Bonchev–Trinajstić information content (AvgIpc) is 3.19. The van der Waals surface area contributed by atoms with E-state index in [9.17, 15) is 4.79 Å². The van der Waals surface area contributed by atoms with Gasteiger partial charge in [-0.3, -0.25) is 9.78 Å². The van der Waals surface area contributed by atoms with Crippen molar-refractivity contribution in [3.8, 4) is 10.7 Å². The predicted molar refractivity (Wildman–Crippen MR) is 113 cm³/mol. The van der Waals surface area contributed by atoms with Crippen LogP contribution < -0.4 is 5.32 Å². The quantitative estimate of drug-likeness (QED) is 0.708. The van der Waals surface area contributed by atoms with Crippen LogP contribution in [0.5, 0.6) is 0 Å². The highest BCUT2D eigenvalue weighted by Crippen LogP contribution is 2.23. The van der Waals surface area contributed by atoms with Crippen molar-refractivity contribution >= 4 is 22.9 Å². The maximum absolute atomic E-state index is 12.7. The molecule has 1 aromatic carbocycles. The van der Waals surface area contributed by atoms with Crippen LogP contribution in [0.3, 0.4) is 0 Å². The number of aryl methyl sites for hydroxylation is 1. The van der Waals surface area contributed by atoms with Gasteiger partial charge in [0.1, 0.15) is 5.01 Å². The average molecular weight is 393 g/mol. The molecule has 0 radical (unpaired) electrons. The first-order chi connectivity index (χ1) is 13.7. The lowest BCUT2D eigenvalue weighted by molar-refractivity contribution is -0.131. The molecule has 2 aromatic heterocycles. The lowest BCUT2D eigenvalue weighted by Gasteiger charge is -2.33. The molecule has 6 heteroatoms. The second-order valence-corrected chi connectivity index (χ2v) is 8.01. The second-order valence-electron chi connectivity index (χ2n) is 7.15. The number of carbonyl (C=O) groups is 1. The van der Waals surface area contributed by atoms with Gasteiger partial charge in [-0.25, -0.2) is 4.98 Å². The van der Waals surface area contributed by atoms with Gasteiger partial charge in [-0.15, -0.1) is 11.3 Å².